The number of hydrogen-bond donors (Lipinski definition) is 1. The van der Waals surface area contributed by atoms with Crippen molar-refractivity contribution in [1.82, 2.24) is 0 Å². The molecule has 0 spiro atoms. The smallest absolute Gasteiger partial charge is 0.308 e. The van der Waals surface area contributed by atoms with Crippen LogP contribution in [0.4, 0.5) is 0 Å². The van der Waals surface area contributed by atoms with Gasteiger partial charge in [0.15, 0.2) is 0 Å². The van der Waals surface area contributed by atoms with Crippen molar-refractivity contribution < 1.29 is 14.6 Å². The molecule has 0 aromatic heterocycles. The highest BCUT2D eigenvalue weighted by Crippen LogP contribution is 1.92. The van der Waals surface area contributed by atoms with E-state index in [0.717, 1.165) is 0 Å². The lowest BCUT2D eigenvalue weighted by atomic mass is 10.2. The molecular weight excluding hydrogens is 108 g/mol. The van der Waals surface area contributed by atoms with Crippen molar-refractivity contribution in [3.05, 3.63) is 0 Å². The Morgan fingerprint density at radius 1 is 1.88 bits per heavy atom. The minimum atomic E-state index is -0.813. The monoisotopic (exact) mass is 118 g/mol. The minimum absolute atomic E-state index is 0.287. The van der Waals surface area contributed by atoms with Crippen molar-refractivity contribution in [3.8, 4) is 0 Å². The molecule has 1 unspecified atom stereocenters. The van der Waals surface area contributed by atoms with E-state index in [1.165, 1.54) is 7.11 Å². The number of carboxylic acids is 1. The molecule has 0 aliphatic rings. The molecule has 8 heavy (non-hydrogen) atoms. The summed E-state index contributed by atoms with van der Waals surface area (Å²) in [4.78, 5) is 10.0. The molecule has 0 fully saturated rings. The molecule has 0 aliphatic carbocycles. The Balaban J connectivity index is 3.32. The van der Waals surface area contributed by atoms with Gasteiger partial charge in [0.05, 0.1) is 12.5 Å². The van der Waals surface area contributed by atoms with Gasteiger partial charge in [-0.3, -0.25) is 4.79 Å². The Morgan fingerprint density at radius 2 is 2.38 bits per heavy atom. The van der Waals surface area contributed by atoms with Gasteiger partial charge in [-0.25, -0.2) is 0 Å². The lowest BCUT2D eigenvalue weighted by Gasteiger charge is -2.01. The number of carbonyl (C=O) groups is 1. The molecule has 0 bridgehead atoms. The van der Waals surface area contributed by atoms with E-state index in [4.69, 9.17) is 5.11 Å². The zero-order chi connectivity index (χ0) is 6.57. The lowest BCUT2D eigenvalue weighted by molar-refractivity contribution is -0.142. The van der Waals surface area contributed by atoms with Crippen LogP contribution in [0.15, 0.2) is 0 Å². The maximum Gasteiger partial charge on any atom is 0.308 e. The number of rotatable bonds is 3. The molecule has 3 heteroatoms. The third kappa shape index (κ3) is 2.58. The quantitative estimate of drug-likeness (QED) is 0.581. The summed E-state index contributed by atoms with van der Waals surface area (Å²) in [6.45, 7) is 1.89. The molecule has 0 aromatic carbocycles. The van der Waals surface area contributed by atoms with Crippen LogP contribution < -0.4 is 0 Å². The fourth-order valence-corrected chi connectivity index (χ4v) is 0.321. The van der Waals surface area contributed by atoms with Crippen LogP contribution in [0.2, 0.25) is 0 Å². The molecule has 0 amide bonds. The van der Waals surface area contributed by atoms with E-state index < -0.39 is 5.97 Å². The second-order valence-electron chi connectivity index (χ2n) is 1.69. The summed E-state index contributed by atoms with van der Waals surface area (Å²) in [6, 6.07) is 0. The number of hydrogen-bond acceptors (Lipinski definition) is 2. The summed E-state index contributed by atoms with van der Waals surface area (Å²) in [5, 5.41) is 8.23. The van der Waals surface area contributed by atoms with Crippen LogP contribution in [0.3, 0.4) is 0 Å². The van der Waals surface area contributed by atoms with Crippen LogP contribution >= 0.6 is 0 Å². The maximum atomic E-state index is 10.0. The summed E-state index contributed by atoms with van der Waals surface area (Å²) < 4.78 is 4.58. The highest BCUT2D eigenvalue weighted by Gasteiger charge is 2.08. The van der Waals surface area contributed by atoms with Gasteiger partial charge in [-0.15, -0.1) is 0 Å². The first-order chi connectivity index (χ1) is 3.68. The van der Waals surface area contributed by atoms with Crippen molar-refractivity contribution in [3.63, 3.8) is 0 Å². The normalized spacial score (nSPS) is 13.2. The van der Waals surface area contributed by atoms with Gasteiger partial charge >= 0.3 is 5.97 Å². The molecule has 1 atom stereocenters. The van der Waals surface area contributed by atoms with Crippen molar-refractivity contribution in [2.24, 2.45) is 5.92 Å². The fraction of sp³-hybridized carbons (Fsp3) is 0.800. The summed E-state index contributed by atoms with van der Waals surface area (Å²) in [5.41, 5.74) is 0. The Labute approximate surface area is 48.3 Å². The summed E-state index contributed by atoms with van der Waals surface area (Å²) in [6.07, 6.45) is 0. The first-order valence-corrected chi connectivity index (χ1v) is 2.40. The van der Waals surface area contributed by atoms with Gasteiger partial charge in [0.1, 0.15) is 0 Å². The predicted octanol–water partition coefficient (Wildman–Crippen LogP) is 0.354. The van der Waals surface area contributed by atoms with E-state index in [-0.39, 0.29) is 12.5 Å². The van der Waals surface area contributed by atoms with Gasteiger partial charge < -0.3 is 9.84 Å². The molecule has 3 nitrogen and oxygen atoms in total. The first kappa shape index (κ1) is 7.43. The van der Waals surface area contributed by atoms with E-state index >= 15 is 0 Å². The zero-order valence-corrected chi connectivity index (χ0v) is 5.05. The van der Waals surface area contributed by atoms with Gasteiger partial charge in [-0.05, 0) is 6.92 Å². The predicted molar refractivity (Wildman–Crippen MR) is 28.7 cm³/mol. The lowest BCUT2D eigenvalue weighted by Crippen LogP contribution is -2.14. The summed E-state index contributed by atoms with van der Waals surface area (Å²) in [7, 11) is 1.49. The van der Waals surface area contributed by atoms with E-state index in [1.54, 1.807) is 6.92 Å². The highest BCUT2D eigenvalue weighted by molar-refractivity contribution is 5.69. The average molecular weight is 118 g/mol. The number of aliphatic carboxylic acids is 1. The molecule has 0 saturated carbocycles. The molecule has 0 rings (SSSR count). The zero-order valence-electron chi connectivity index (χ0n) is 5.05. The minimum Gasteiger partial charge on any atom is -0.481 e. The Bertz CT molecular complexity index is 79.7. The van der Waals surface area contributed by atoms with Gasteiger partial charge in [0.25, 0.3) is 0 Å². The number of carboxylic acid groups (broad SMARTS) is 1. The van der Waals surface area contributed by atoms with E-state index in [9.17, 15) is 4.79 Å². The van der Waals surface area contributed by atoms with Gasteiger partial charge in [0, 0.05) is 7.11 Å². The number of ether oxygens (including phenoxy) is 1. The Kier molecular flexibility index (Phi) is 3.19. The topological polar surface area (TPSA) is 46.5 Å². The van der Waals surface area contributed by atoms with Gasteiger partial charge in [-0.1, -0.05) is 0 Å². The Hall–Kier alpha value is -0.570. The molecular formula is C5H10O3. The van der Waals surface area contributed by atoms with Crippen LogP contribution in [-0.2, 0) is 9.53 Å². The van der Waals surface area contributed by atoms with Crippen LogP contribution in [-0.4, -0.2) is 24.8 Å². The fourth-order valence-electron chi connectivity index (χ4n) is 0.321. The maximum absolute atomic E-state index is 10.0. The molecule has 1 N–H and O–H groups in total. The van der Waals surface area contributed by atoms with E-state index in [2.05, 4.69) is 4.74 Å². The molecule has 0 aliphatic heterocycles. The second kappa shape index (κ2) is 3.43. The molecule has 0 heterocycles. The molecule has 48 valence electrons. The molecule has 0 radical (unpaired) electrons. The van der Waals surface area contributed by atoms with Crippen molar-refractivity contribution in [2.45, 2.75) is 6.92 Å². The van der Waals surface area contributed by atoms with Crippen LogP contribution in [0.25, 0.3) is 0 Å². The summed E-state index contributed by atoms with van der Waals surface area (Å²) >= 11 is 0. The van der Waals surface area contributed by atoms with Crippen LogP contribution in [0.5, 0.6) is 0 Å². The second-order valence-corrected chi connectivity index (χ2v) is 1.69. The molecule has 0 saturated heterocycles. The van der Waals surface area contributed by atoms with Gasteiger partial charge in [-0.2, -0.15) is 0 Å². The van der Waals surface area contributed by atoms with Crippen molar-refractivity contribution >= 4 is 5.97 Å². The average Bonchev–Trinajstić information content (AvgIpc) is 1.67. The van der Waals surface area contributed by atoms with E-state index in [1.807, 2.05) is 0 Å². The largest absolute Gasteiger partial charge is 0.481 e. The van der Waals surface area contributed by atoms with Crippen LogP contribution in [0.1, 0.15) is 6.92 Å². The third-order valence-corrected chi connectivity index (χ3v) is 0.838. The van der Waals surface area contributed by atoms with Gasteiger partial charge in [0.2, 0.25) is 0 Å². The van der Waals surface area contributed by atoms with Crippen molar-refractivity contribution in [2.75, 3.05) is 13.7 Å². The van der Waals surface area contributed by atoms with E-state index in [0.29, 0.717) is 0 Å². The third-order valence-electron chi connectivity index (χ3n) is 0.838. The van der Waals surface area contributed by atoms with Crippen molar-refractivity contribution in [1.29, 1.82) is 0 Å². The number of methoxy groups -OCH3 is 1. The SMILES string of the molecule is COCC(C)C(=O)O. The van der Waals surface area contributed by atoms with Crippen LogP contribution in [0, 0.1) is 5.92 Å². The first-order valence-electron chi connectivity index (χ1n) is 2.40. The Morgan fingerprint density at radius 3 is 2.50 bits per heavy atom. The molecule has 0 aromatic rings. The highest BCUT2D eigenvalue weighted by atomic mass is 16.5. The standard InChI is InChI=1S/C5H10O3/c1-4(3-8-2)5(6)7/h4H,3H2,1-2H3,(H,6,7). The summed E-state index contributed by atoms with van der Waals surface area (Å²) in [5.74, 6) is -1.20.